The first-order valence-electron chi connectivity index (χ1n) is 8.12. The van der Waals surface area contributed by atoms with Gasteiger partial charge < -0.3 is 4.74 Å². The lowest BCUT2D eigenvalue weighted by molar-refractivity contribution is -0.128. The van der Waals surface area contributed by atoms with Crippen LogP contribution in [0.3, 0.4) is 0 Å². The standard InChI is InChI=1S/C23H16O2/c1-2-22(24)25-21-15-14-17-9-4-6-12-19(17)23(21)20-13-7-10-16-8-3-5-11-18(16)20/h2-15H,1H2. The van der Waals surface area contributed by atoms with E-state index in [4.69, 9.17) is 4.74 Å². The van der Waals surface area contributed by atoms with Crippen molar-refractivity contribution in [2.45, 2.75) is 0 Å². The number of hydrogen-bond acceptors (Lipinski definition) is 2. The Morgan fingerprint density at radius 1 is 0.760 bits per heavy atom. The Labute approximate surface area is 146 Å². The summed E-state index contributed by atoms with van der Waals surface area (Å²) in [7, 11) is 0. The smallest absolute Gasteiger partial charge is 0.335 e. The van der Waals surface area contributed by atoms with Crippen LogP contribution in [0.2, 0.25) is 0 Å². The Balaban J connectivity index is 2.08. The van der Waals surface area contributed by atoms with Crippen molar-refractivity contribution in [3.05, 3.63) is 91.5 Å². The number of benzene rings is 4. The number of esters is 1. The van der Waals surface area contributed by atoms with Crippen LogP contribution in [-0.4, -0.2) is 5.97 Å². The summed E-state index contributed by atoms with van der Waals surface area (Å²) < 4.78 is 5.55. The van der Waals surface area contributed by atoms with Crippen LogP contribution in [0.4, 0.5) is 0 Å². The molecule has 4 rings (SSSR count). The van der Waals surface area contributed by atoms with E-state index in [9.17, 15) is 4.79 Å². The number of hydrogen-bond donors (Lipinski definition) is 0. The number of rotatable bonds is 3. The van der Waals surface area contributed by atoms with E-state index in [-0.39, 0.29) is 0 Å². The zero-order chi connectivity index (χ0) is 17.2. The lowest BCUT2D eigenvalue weighted by Gasteiger charge is -2.15. The van der Waals surface area contributed by atoms with E-state index in [0.29, 0.717) is 5.75 Å². The SMILES string of the molecule is C=CC(=O)Oc1ccc2ccccc2c1-c1cccc2ccccc12. The molecule has 0 atom stereocenters. The molecule has 0 spiro atoms. The number of carbonyl (C=O) groups is 1. The maximum atomic E-state index is 11.8. The van der Waals surface area contributed by atoms with Gasteiger partial charge in [0.15, 0.2) is 0 Å². The predicted octanol–water partition coefficient (Wildman–Crippen LogP) is 5.75. The van der Waals surface area contributed by atoms with Crippen LogP contribution >= 0.6 is 0 Å². The molecule has 0 aliphatic carbocycles. The van der Waals surface area contributed by atoms with Gasteiger partial charge >= 0.3 is 5.97 Å². The van der Waals surface area contributed by atoms with Crippen molar-refractivity contribution in [3.63, 3.8) is 0 Å². The Morgan fingerprint density at radius 2 is 1.40 bits per heavy atom. The summed E-state index contributed by atoms with van der Waals surface area (Å²) in [5.41, 5.74) is 1.96. The quantitative estimate of drug-likeness (QED) is 0.272. The van der Waals surface area contributed by atoms with Crippen LogP contribution in [0.5, 0.6) is 5.75 Å². The van der Waals surface area contributed by atoms with E-state index in [0.717, 1.165) is 32.7 Å². The average Bonchev–Trinajstić information content (AvgIpc) is 2.67. The zero-order valence-electron chi connectivity index (χ0n) is 13.6. The highest BCUT2D eigenvalue weighted by atomic mass is 16.5. The molecule has 25 heavy (non-hydrogen) atoms. The molecule has 2 nitrogen and oxygen atoms in total. The summed E-state index contributed by atoms with van der Waals surface area (Å²) in [6.45, 7) is 3.50. The molecule has 0 aromatic heterocycles. The Hall–Kier alpha value is -3.39. The van der Waals surface area contributed by atoms with Crippen molar-refractivity contribution in [2.24, 2.45) is 0 Å². The first kappa shape index (κ1) is 15.2. The first-order valence-corrected chi connectivity index (χ1v) is 8.12. The molecule has 0 amide bonds. The van der Waals surface area contributed by atoms with Gasteiger partial charge in [0, 0.05) is 11.6 Å². The van der Waals surface area contributed by atoms with Crippen LogP contribution in [0, 0.1) is 0 Å². The lowest BCUT2D eigenvalue weighted by atomic mass is 9.93. The van der Waals surface area contributed by atoms with Crippen LogP contribution in [0.25, 0.3) is 32.7 Å². The van der Waals surface area contributed by atoms with E-state index in [2.05, 4.69) is 43.0 Å². The average molecular weight is 324 g/mol. The van der Waals surface area contributed by atoms with E-state index in [1.54, 1.807) is 0 Å². The van der Waals surface area contributed by atoms with Crippen molar-refractivity contribution >= 4 is 27.5 Å². The fourth-order valence-electron chi connectivity index (χ4n) is 3.21. The molecule has 0 N–H and O–H groups in total. The van der Waals surface area contributed by atoms with Crippen molar-refractivity contribution < 1.29 is 9.53 Å². The molecule has 120 valence electrons. The minimum absolute atomic E-state index is 0.461. The van der Waals surface area contributed by atoms with E-state index >= 15 is 0 Å². The molecule has 0 unspecified atom stereocenters. The number of ether oxygens (including phenoxy) is 1. The van der Waals surface area contributed by atoms with Crippen LogP contribution in [-0.2, 0) is 4.79 Å². The zero-order valence-corrected chi connectivity index (χ0v) is 13.6. The van der Waals surface area contributed by atoms with Gasteiger partial charge in [0.1, 0.15) is 5.75 Å². The molecule has 0 saturated carbocycles. The lowest BCUT2D eigenvalue weighted by Crippen LogP contribution is -2.04. The van der Waals surface area contributed by atoms with E-state index < -0.39 is 5.97 Å². The normalized spacial score (nSPS) is 10.7. The van der Waals surface area contributed by atoms with Crippen molar-refractivity contribution in [2.75, 3.05) is 0 Å². The van der Waals surface area contributed by atoms with E-state index in [1.165, 1.54) is 6.08 Å². The molecule has 4 aromatic carbocycles. The molecule has 0 bridgehead atoms. The highest BCUT2D eigenvalue weighted by molar-refractivity contribution is 6.08. The highest BCUT2D eigenvalue weighted by Gasteiger charge is 2.15. The highest BCUT2D eigenvalue weighted by Crippen LogP contribution is 2.40. The minimum atomic E-state index is -0.461. The summed E-state index contributed by atoms with van der Waals surface area (Å²) in [5.74, 6) is 0.0803. The maximum absolute atomic E-state index is 11.8. The predicted molar refractivity (Wildman–Crippen MR) is 103 cm³/mol. The van der Waals surface area contributed by atoms with Gasteiger partial charge in [0.25, 0.3) is 0 Å². The molecule has 0 aliphatic rings. The third-order valence-corrected chi connectivity index (χ3v) is 4.33. The van der Waals surface area contributed by atoms with Gasteiger partial charge in [0.2, 0.25) is 0 Å². The molecule has 0 heterocycles. The van der Waals surface area contributed by atoms with Gasteiger partial charge in [-0.1, -0.05) is 79.4 Å². The first-order chi connectivity index (χ1) is 12.3. The second-order valence-corrected chi connectivity index (χ2v) is 5.81. The van der Waals surface area contributed by atoms with Gasteiger partial charge in [0.05, 0.1) is 0 Å². The second kappa shape index (κ2) is 6.25. The monoisotopic (exact) mass is 324 g/mol. The molecular weight excluding hydrogens is 308 g/mol. The second-order valence-electron chi connectivity index (χ2n) is 5.81. The van der Waals surface area contributed by atoms with Gasteiger partial charge in [-0.15, -0.1) is 0 Å². The third-order valence-electron chi connectivity index (χ3n) is 4.33. The molecule has 2 heteroatoms. The Bertz CT molecular complexity index is 1100. The fourth-order valence-corrected chi connectivity index (χ4v) is 3.21. The van der Waals surface area contributed by atoms with Gasteiger partial charge in [-0.05, 0) is 33.2 Å². The van der Waals surface area contributed by atoms with Crippen LogP contribution < -0.4 is 4.74 Å². The molecule has 0 radical (unpaired) electrons. The summed E-state index contributed by atoms with van der Waals surface area (Å²) in [4.78, 5) is 11.8. The van der Waals surface area contributed by atoms with Crippen LogP contribution in [0.15, 0.2) is 91.5 Å². The molecule has 0 fully saturated rings. The molecule has 0 saturated heterocycles. The Morgan fingerprint density at radius 3 is 2.16 bits per heavy atom. The summed E-state index contributed by atoms with van der Waals surface area (Å²) in [6, 6.07) is 26.3. The number of carbonyl (C=O) groups excluding carboxylic acids is 1. The summed E-state index contributed by atoms with van der Waals surface area (Å²) in [5, 5.41) is 4.42. The number of fused-ring (bicyclic) bond motifs is 2. The Kier molecular flexibility index (Phi) is 3.79. The van der Waals surface area contributed by atoms with Crippen LogP contribution in [0.1, 0.15) is 0 Å². The van der Waals surface area contributed by atoms with Gasteiger partial charge in [-0.25, -0.2) is 4.79 Å². The van der Waals surface area contributed by atoms with Gasteiger partial charge in [-0.2, -0.15) is 0 Å². The largest absolute Gasteiger partial charge is 0.423 e. The molecule has 0 aliphatic heterocycles. The van der Waals surface area contributed by atoms with Crippen molar-refractivity contribution in [3.8, 4) is 16.9 Å². The summed E-state index contributed by atoms with van der Waals surface area (Å²) in [6.07, 6.45) is 1.18. The van der Waals surface area contributed by atoms with Crippen molar-refractivity contribution in [1.82, 2.24) is 0 Å². The maximum Gasteiger partial charge on any atom is 0.335 e. The fraction of sp³-hybridized carbons (Fsp3) is 0. The third kappa shape index (κ3) is 2.68. The summed E-state index contributed by atoms with van der Waals surface area (Å²) >= 11 is 0. The van der Waals surface area contributed by atoms with Gasteiger partial charge in [-0.3, -0.25) is 0 Å². The minimum Gasteiger partial charge on any atom is -0.423 e. The molecule has 4 aromatic rings. The van der Waals surface area contributed by atoms with E-state index in [1.807, 2.05) is 42.5 Å². The molecular formula is C23H16O2. The van der Waals surface area contributed by atoms with Crippen molar-refractivity contribution in [1.29, 1.82) is 0 Å². The topological polar surface area (TPSA) is 26.3 Å².